The van der Waals surface area contributed by atoms with E-state index in [1.165, 1.54) is 0 Å². The number of rotatable bonds is 4. The van der Waals surface area contributed by atoms with Crippen LogP contribution in [0.25, 0.3) is 0 Å². The lowest BCUT2D eigenvalue weighted by Gasteiger charge is -2.23. The van der Waals surface area contributed by atoms with Gasteiger partial charge in [-0.3, -0.25) is 0 Å². The third-order valence-electron chi connectivity index (χ3n) is 3.35. The quantitative estimate of drug-likeness (QED) is 0.859. The first-order valence-corrected chi connectivity index (χ1v) is 7.21. The van der Waals surface area contributed by atoms with Crippen molar-refractivity contribution in [2.75, 3.05) is 24.8 Å². The van der Waals surface area contributed by atoms with Crippen molar-refractivity contribution < 1.29 is 4.74 Å². The van der Waals surface area contributed by atoms with Crippen molar-refractivity contribution >= 4 is 27.3 Å². The van der Waals surface area contributed by atoms with Gasteiger partial charge >= 0.3 is 0 Å². The number of anilines is 2. The molecular weight excluding hydrogens is 316 g/mol. The number of nitrogens with two attached hydrogens (primary N) is 1. The maximum absolute atomic E-state index is 5.92. The monoisotopic (exact) mass is 334 g/mol. The van der Waals surface area contributed by atoms with E-state index in [4.69, 9.17) is 10.5 Å². The highest BCUT2D eigenvalue weighted by Gasteiger charge is 2.11. The van der Waals surface area contributed by atoms with E-state index in [0.717, 1.165) is 39.3 Å². The molecule has 2 N–H and O–H groups in total. The Morgan fingerprint density at radius 1 is 1.25 bits per heavy atom. The smallest absolute Gasteiger partial charge is 0.123 e. The molecule has 0 amide bonds. The normalized spacial score (nSPS) is 10.4. The molecule has 0 aliphatic heterocycles. The van der Waals surface area contributed by atoms with Gasteiger partial charge < -0.3 is 15.4 Å². The van der Waals surface area contributed by atoms with E-state index in [-0.39, 0.29) is 0 Å². The molecule has 20 heavy (non-hydrogen) atoms. The molecule has 106 valence electrons. The predicted octanol–water partition coefficient (Wildman–Crippen LogP) is 3.98. The van der Waals surface area contributed by atoms with Gasteiger partial charge in [-0.2, -0.15) is 0 Å². The SMILES string of the molecule is COc1ccccc1CN(C)c1cc(C)c(N)cc1Br. The molecule has 0 aromatic heterocycles. The number of nitrogens with zero attached hydrogens (tertiary/aromatic N) is 1. The van der Waals surface area contributed by atoms with Gasteiger partial charge in [-0.1, -0.05) is 18.2 Å². The zero-order valence-electron chi connectivity index (χ0n) is 12.0. The number of aryl methyl sites for hydroxylation is 1. The topological polar surface area (TPSA) is 38.5 Å². The molecule has 0 aliphatic carbocycles. The number of para-hydroxylation sites is 1. The molecule has 3 nitrogen and oxygen atoms in total. The Labute approximate surface area is 128 Å². The average molecular weight is 335 g/mol. The zero-order valence-corrected chi connectivity index (χ0v) is 13.6. The van der Waals surface area contributed by atoms with E-state index in [9.17, 15) is 0 Å². The second-order valence-electron chi connectivity index (χ2n) is 4.83. The first-order chi connectivity index (χ1) is 9.52. The fourth-order valence-electron chi connectivity index (χ4n) is 2.15. The fraction of sp³-hybridized carbons (Fsp3) is 0.250. The highest BCUT2D eigenvalue weighted by molar-refractivity contribution is 9.10. The molecule has 0 radical (unpaired) electrons. The number of hydrogen-bond acceptors (Lipinski definition) is 3. The third-order valence-corrected chi connectivity index (χ3v) is 3.98. The van der Waals surface area contributed by atoms with Crippen LogP contribution >= 0.6 is 15.9 Å². The van der Waals surface area contributed by atoms with Crippen LogP contribution in [0.2, 0.25) is 0 Å². The molecule has 4 heteroatoms. The summed E-state index contributed by atoms with van der Waals surface area (Å²) >= 11 is 3.58. The molecule has 0 atom stereocenters. The highest BCUT2D eigenvalue weighted by Crippen LogP contribution is 2.32. The molecule has 0 fully saturated rings. The minimum absolute atomic E-state index is 0.770. The lowest BCUT2D eigenvalue weighted by molar-refractivity contribution is 0.409. The van der Waals surface area contributed by atoms with Gasteiger partial charge in [0.1, 0.15) is 5.75 Å². The van der Waals surface area contributed by atoms with E-state index in [1.807, 2.05) is 31.2 Å². The predicted molar refractivity (Wildman–Crippen MR) is 88.4 cm³/mol. The second kappa shape index (κ2) is 6.18. The molecular formula is C16H19BrN2O. The van der Waals surface area contributed by atoms with Crippen molar-refractivity contribution in [2.24, 2.45) is 0 Å². The van der Waals surface area contributed by atoms with Crippen LogP contribution in [-0.4, -0.2) is 14.2 Å². The van der Waals surface area contributed by atoms with Crippen molar-refractivity contribution in [1.82, 2.24) is 0 Å². The minimum Gasteiger partial charge on any atom is -0.496 e. The van der Waals surface area contributed by atoms with Crippen LogP contribution in [0.1, 0.15) is 11.1 Å². The maximum Gasteiger partial charge on any atom is 0.123 e. The summed E-state index contributed by atoms with van der Waals surface area (Å²) in [6.45, 7) is 2.79. The van der Waals surface area contributed by atoms with Crippen molar-refractivity contribution in [2.45, 2.75) is 13.5 Å². The van der Waals surface area contributed by atoms with Crippen molar-refractivity contribution in [3.8, 4) is 5.75 Å². The summed E-state index contributed by atoms with van der Waals surface area (Å²) in [5.74, 6) is 0.905. The first kappa shape index (κ1) is 14.7. The van der Waals surface area contributed by atoms with E-state index in [2.05, 4.69) is 40.0 Å². The van der Waals surface area contributed by atoms with Crippen LogP contribution in [0.5, 0.6) is 5.75 Å². The Balaban J connectivity index is 2.28. The molecule has 0 aliphatic rings. The number of benzene rings is 2. The standard InChI is InChI=1S/C16H19BrN2O/c1-11-8-15(13(17)9-14(11)18)19(2)10-12-6-4-5-7-16(12)20-3/h4-9H,10,18H2,1-3H3. The molecule has 2 aromatic rings. The summed E-state index contributed by atoms with van der Waals surface area (Å²) in [6.07, 6.45) is 0. The maximum atomic E-state index is 5.92. The summed E-state index contributed by atoms with van der Waals surface area (Å²) in [5.41, 5.74) is 10.1. The van der Waals surface area contributed by atoms with Crippen LogP contribution in [0.4, 0.5) is 11.4 Å². The van der Waals surface area contributed by atoms with Gasteiger partial charge in [0.2, 0.25) is 0 Å². The number of methoxy groups -OCH3 is 1. The summed E-state index contributed by atoms with van der Waals surface area (Å²) in [4.78, 5) is 2.17. The van der Waals surface area contributed by atoms with Gasteiger partial charge in [0.05, 0.1) is 12.8 Å². The first-order valence-electron chi connectivity index (χ1n) is 6.41. The molecule has 0 saturated heterocycles. The van der Waals surface area contributed by atoms with Gasteiger partial charge in [-0.05, 0) is 46.6 Å². The van der Waals surface area contributed by atoms with Gasteiger partial charge in [0.25, 0.3) is 0 Å². The Kier molecular flexibility index (Phi) is 4.55. The average Bonchev–Trinajstić information content (AvgIpc) is 2.43. The minimum atomic E-state index is 0.770. The molecule has 2 rings (SSSR count). The van der Waals surface area contributed by atoms with Crippen LogP contribution < -0.4 is 15.4 Å². The number of hydrogen-bond donors (Lipinski definition) is 1. The molecule has 2 aromatic carbocycles. The lowest BCUT2D eigenvalue weighted by Crippen LogP contribution is -2.17. The summed E-state index contributed by atoms with van der Waals surface area (Å²) in [6, 6.07) is 12.1. The van der Waals surface area contributed by atoms with Gasteiger partial charge in [0, 0.05) is 29.3 Å². The third kappa shape index (κ3) is 3.07. The Morgan fingerprint density at radius 3 is 2.65 bits per heavy atom. The van der Waals surface area contributed by atoms with Gasteiger partial charge in [-0.25, -0.2) is 0 Å². The van der Waals surface area contributed by atoms with Crippen LogP contribution in [-0.2, 0) is 6.54 Å². The largest absolute Gasteiger partial charge is 0.496 e. The van der Waals surface area contributed by atoms with Gasteiger partial charge in [-0.15, -0.1) is 0 Å². The number of nitrogen functional groups attached to an aromatic ring is 1. The van der Waals surface area contributed by atoms with Crippen molar-refractivity contribution in [3.63, 3.8) is 0 Å². The Morgan fingerprint density at radius 2 is 1.95 bits per heavy atom. The summed E-state index contributed by atoms with van der Waals surface area (Å²) in [5, 5.41) is 0. The Hall–Kier alpha value is -1.68. The number of halogens is 1. The van der Waals surface area contributed by atoms with Crippen LogP contribution in [0.15, 0.2) is 40.9 Å². The van der Waals surface area contributed by atoms with E-state index in [0.29, 0.717) is 0 Å². The van der Waals surface area contributed by atoms with Gasteiger partial charge in [0.15, 0.2) is 0 Å². The number of ether oxygens (including phenoxy) is 1. The highest BCUT2D eigenvalue weighted by atomic mass is 79.9. The van der Waals surface area contributed by atoms with E-state index >= 15 is 0 Å². The van der Waals surface area contributed by atoms with E-state index < -0.39 is 0 Å². The second-order valence-corrected chi connectivity index (χ2v) is 5.68. The van der Waals surface area contributed by atoms with E-state index in [1.54, 1.807) is 7.11 Å². The molecule has 0 spiro atoms. The Bertz CT molecular complexity index is 613. The summed E-state index contributed by atoms with van der Waals surface area (Å²) < 4.78 is 6.39. The lowest BCUT2D eigenvalue weighted by atomic mass is 10.1. The van der Waals surface area contributed by atoms with Crippen molar-refractivity contribution in [1.29, 1.82) is 0 Å². The summed E-state index contributed by atoms with van der Waals surface area (Å²) in [7, 11) is 3.75. The van der Waals surface area contributed by atoms with Crippen LogP contribution in [0, 0.1) is 6.92 Å². The zero-order chi connectivity index (χ0) is 14.7. The van der Waals surface area contributed by atoms with Crippen LogP contribution in [0.3, 0.4) is 0 Å². The molecule has 0 unspecified atom stereocenters. The molecule has 0 saturated carbocycles. The molecule has 0 bridgehead atoms. The fourth-order valence-corrected chi connectivity index (χ4v) is 2.81. The van der Waals surface area contributed by atoms with Crippen molar-refractivity contribution in [3.05, 3.63) is 52.0 Å². The molecule has 0 heterocycles.